The van der Waals surface area contributed by atoms with Crippen molar-refractivity contribution in [2.24, 2.45) is 0 Å². The van der Waals surface area contributed by atoms with Crippen LogP contribution in [0.2, 0.25) is 0 Å². The van der Waals surface area contributed by atoms with Gasteiger partial charge in [0.15, 0.2) is 5.11 Å². The number of nitrogens with one attached hydrogen (secondary N) is 1. The molecule has 3 nitrogen and oxygen atoms in total. The first-order valence-electron chi connectivity index (χ1n) is 7.85. The maximum absolute atomic E-state index is 14.4. The lowest BCUT2D eigenvalue weighted by Crippen LogP contribution is -2.52. The Morgan fingerprint density at radius 3 is 2.61 bits per heavy atom. The van der Waals surface area contributed by atoms with Crippen LogP contribution in [0.5, 0.6) is 0 Å². The molecule has 0 aliphatic carbocycles. The third-order valence-corrected chi connectivity index (χ3v) is 4.32. The Bertz CT molecular complexity index is 717. The monoisotopic (exact) mass is 331 g/mol. The molecule has 1 atom stereocenters. The summed E-state index contributed by atoms with van der Waals surface area (Å²) in [6.45, 7) is 7.82. The molecule has 0 spiro atoms. The largest absolute Gasteiger partial charge is 0.358 e. The second-order valence-corrected chi connectivity index (χ2v) is 7.31. The van der Waals surface area contributed by atoms with Crippen LogP contribution in [0, 0.1) is 5.82 Å². The Labute approximate surface area is 142 Å². The lowest BCUT2D eigenvalue weighted by Gasteiger charge is -2.40. The molecule has 0 bridgehead atoms. The highest BCUT2D eigenvalue weighted by Gasteiger charge is 2.33. The van der Waals surface area contributed by atoms with Gasteiger partial charge in [-0.3, -0.25) is 0 Å². The van der Waals surface area contributed by atoms with Gasteiger partial charge in [0, 0.05) is 36.1 Å². The zero-order valence-corrected chi connectivity index (χ0v) is 14.5. The molecule has 1 N–H and O–H groups in total. The van der Waals surface area contributed by atoms with E-state index < -0.39 is 0 Å². The fourth-order valence-electron chi connectivity index (χ4n) is 3.02. The van der Waals surface area contributed by atoms with Crippen molar-refractivity contribution in [2.75, 3.05) is 6.54 Å². The van der Waals surface area contributed by atoms with E-state index in [-0.39, 0.29) is 17.4 Å². The summed E-state index contributed by atoms with van der Waals surface area (Å²) in [6, 6.07) is 10.8. The SMILES string of the molecule is CC(C)(C)NC(=S)N1CCn2cccc2[C@H]1c1ccccc1F. The smallest absolute Gasteiger partial charge is 0.170 e. The van der Waals surface area contributed by atoms with Gasteiger partial charge in [0.1, 0.15) is 5.82 Å². The van der Waals surface area contributed by atoms with Gasteiger partial charge in [-0.2, -0.15) is 0 Å². The number of rotatable bonds is 1. The molecule has 23 heavy (non-hydrogen) atoms. The molecule has 0 saturated heterocycles. The summed E-state index contributed by atoms with van der Waals surface area (Å²) in [4.78, 5) is 2.09. The number of nitrogens with zero attached hydrogens (tertiary/aromatic N) is 2. The summed E-state index contributed by atoms with van der Waals surface area (Å²) >= 11 is 5.63. The zero-order valence-electron chi connectivity index (χ0n) is 13.7. The van der Waals surface area contributed by atoms with Crippen LogP contribution in [0.15, 0.2) is 42.6 Å². The third kappa shape index (κ3) is 3.24. The number of hydrogen-bond acceptors (Lipinski definition) is 1. The Morgan fingerprint density at radius 1 is 1.17 bits per heavy atom. The van der Waals surface area contributed by atoms with Crippen LogP contribution in [0.3, 0.4) is 0 Å². The van der Waals surface area contributed by atoms with Gasteiger partial charge in [-0.15, -0.1) is 0 Å². The molecule has 2 heterocycles. The van der Waals surface area contributed by atoms with Crippen molar-refractivity contribution in [3.8, 4) is 0 Å². The molecule has 0 unspecified atom stereocenters. The fraction of sp³-hybridized carbons (Fsp3) is 0.389. The lowest BCUT2D eigenvalue weighted by atomic mass is 9.99. The molecule has 2 aromatic rings. The van der Waals surface area contributed by atoms with E-state index in [1.807, 2.05) is 30.5 Å². The average molecular weight is 331 g/mol. The lowest BCUT2D eigenvalue weighted by molar-refractivity contribution is 0.273. The minimum Gasteiger partial charge on any atom is -0.358 e. The van der Waals surface area contributed by atoms with Crippen molar-refractivity contribution in [2.45, 2.75) is 38.9 Å². The molecule has 1 aliphatic heterocycles. The highest BCUT2D eigenvalue weighted by molar-refractivity contribution is 7.80. The molecule has 0 amide bonds. The zero-order chi connectivity index (χ0) is 16.6. The second kappa shape index (κ2) is 5.96. The quantitative estimate of drug-likeness (QED) is 0.805. The highest BCUT2D eigenvalue weighted by Crippen LogP contribution is 2.34. The minimum absolute atomic E-state index is 0.129. The second-order valence-electron chi connectivity index (χ2n) is 6.92. The predicted molar refractivity (Wildman–Crippen MR) is 94.9 cm³/mol. The van der Waals surface area contributed by atoms with Crippen LogP contribution in [0.25, 0.3) is 0 Å². The van der Waals surface area contributed by atoms with E-state index >= 15 is 0 Å². The van der Waals surface area contributed by atoms with Crippen LogP contribution in [0.4, 0.5) is 4.39 Å². The first kappa shape index (κ1) is 16.0. The van der Waals surface area contributed by atoms with E-state index in [0.29, 0.717) is 10.7 Å². The summed E-state index contributed by atoms with van der Waals surface area (Å²) in [5, 5.41) is 4.02. The number of benzene rings is 1. The van der Waals surface area contributed by atoms with Crippen molar-refractivity contribution < 1.29 is 4.39 Å². The van der Waals surface area contributed by atoms with Gasteiger partial charge in [-0.1, -0.05) is 18.2 Å². The highest BCUT2D eigenvalue weighted by atomic mass is 32.1. The molecular weight excluding hydrogens is 309 g/mol. The van der Waals surface area contributed by atoms with Gasteiger partial charge in [0.05, 0.1) is 6.04 Å². The molecule has 0 radical (unpaired) electrons. The van der Waals surface area contributed by atoms with Crippen molar-refractivity contribution in [3.05, 3.63) is 59.7 Å². The molecule has 122 valence electrons. The van der Waals surface area contributed by atoms with E-state index in [1.54, 1.807) is 6.07 Å². The van der Waals surface area contributed by atoms with Crippen LogP contribution < -0.4 is 5.32 Å². The minimum atomic E-state index is -0.206. The molecule has 0 fully saturated rings. The molecule has 3 rings (SSSR count). The maximum atomic E-state index is 14.4. The van der Waals surface area contributed by atoms with Crippen molar-refractivity contribution >= 4 is 17.3 Å². The van der Waals surface area contributed by atoms with E-state index in [1.165, 1.54) is 6.07 Å². The normalized spacial score (nSPS) is 17.7. The van der Waals surface area contributed by atoms with E-state index in [0.717, 1.165) is 18.8 Å². The number of hydrogen-bond donors (Lipinski definition) is 1. The van der Waals surface area contributed by atoms with E-state index in [4.69, 9.17) is 12.2 Å². The molecule has 1 aromatic heterocycles. The predicted octanol–water partition coefficient (Wildman–Crippen LogP) is 3.71. The van der Waals surface area contributed by atoms with Crippen molar-refractivity contribution in [1.29, 1.82) is 0 Å². The molecule has 5 heteroatoms. The number of aromatic nitrogens is 1. The van der Waals surface area contributed by atoms with Crippen molar-refractivity contribution in [3.63, 3.8) is 0 Å². The third-order valence-electron chi connectivity index (χ3n) is 3.98. The first-order valence-corrected chi connectivity index (χ1v) is 8.26. The summed E-state index contributed by atoms with van der Waals surface area (Å²) in [6.07, 6.45) is 2.04. The maximum Gasteiger partial charge on any atom is 0.170 e. The topological polar surface area (TPSA) is 20.2 Å². The number of halogens is 1. The molecule has 1 aliphatic rings. The van der Waals surface area contributed by atoms with E-state index in [2.05, 4.69) is 35.6 Å². The summed E-state index contributed by atoms with van der Waals surface area (Å²) in [5.41, 5.74) is 1.60. The van der Waals surface area contributed by atoms with Gasteiger partial charge < -0.3 is 14.8 Å². The fourth-order valence-corrected chi connectivity index (χ4v) is 3.52. The van der Waals surface area contributed by atoms with Gasteiger partial charge >= 0.3 is 0 Å². The van der Waals surface area contributed by atoms with E-state index in [9.17, 15) is 4.39 Å². The van der Waals surface area contributed by atoms with Crippen LogP contribution in [-0.2, 0) is 6.54 Å². The molecule has 0 saturated carbocycles. The molecular formula is C18H22FN3S. The molecule has 1 aromatic carbocycles. The van der Waals surface area contributed by atoms with Gasteiger partial charge in [0.25, 0.3) is 0 Å². The van der Waals surface area contributed by atoms with Crippen molar-refractivity contribution in [1.82, 2.24) is 14.8 Å². The Morgan fingerprint density at radius 2 is 1.91 bits per heavy atom. The standard InChI is InChI=1S/C18H22FN3S/c1-18(2,3)20-17(23)22-12-11-21-10-6-9-15(21)16(22)13-7-4-5-8-14(13)19/h4-10,16H,11-12H2,1-3H3,(H,20,23)/t16-/m1/s1. The Kier molecular flexibility index (Phi) is 4.15. The van der Waals surface area contributed by atoms with Gasteiger partial charge in [-0.25, -0.2) is 4.39 Å². The average Bonchev–Trinajstić information content (AvgIpc) is 2.93. The van der Waals surface area contributed by atoms with Crippen LogP contribution >= 0.6 is 12.2 Å². The van der Waals surface area contributed by atoms with Gasteiger partial charge in [0.2, 0.25) is 0 Å². The number of fused-ring (bicyclic) bond motifs is 1. The van der Waals surface area contributed by atoms with Crippen LogP contribution in [-0.4, -0.2) is 26.7 Å². The Balaban J connectivity index is 2.02. The van der Waals surface area contributed by atoms with Gasteiger partial charge in [-0.05, 0) is 51.2 Å². The summed E-state index contributed by atoms with van der Waals surface area (Å²) in [7, 11) is 0. The number of thiocarbonyl (C=S) groups is 1. The van der Waals surface area contributed by atoms with Crippen LogP contribution in [0.1, 0.15) is 38.1 Å². The summed E-state index contributed by atoms with van der Waals surface area (Å²) in [5.74, 6) is -0.198. The first-order chi connectivity index (χ1) is 10.9. The summed E-state index contributed by atoms with van der Waals surface area (Å²) < 4.78 is 16.6. The Hall–Kier alpha value is -1.88.